The fourth-order valence-corrected chi connectivity index (χ4v) is 1.34. The molecule has 1 atom stereocenters. The largest absolute Gasteiger partial charge is 0.407 e. The standard InChI is InChI=1S/C8H6Cl2F3N.ClH/c9-4-1-2-6(10)5(3-4)7(14)8(11,12)13;/h1-3,7H,14H2;1H. The zero-order chi connectivity index (χ0) is 10.9. The highest BCUT2D eigenvalue weighted by atomic mass is 35.5. The maximum absolute atomic E-state index is 12.2. The summed E-state index contributed by atoms with van der Waals surface area (Å²) in [5.74, 6) is 0. The van der Waals surface area contributed by atoms with Crippen molar-refractivity contribution in [3.63, 3.8) is 0 Å². The Kier molecular flexibility index (Phi) is 5.20. The number of benzene rings is 1. The van der Waals surface area contributed by atoms with Crippen LogP contribution in [0.3, 0.4) is 0 Å². The summed E-state index contributed by atoms with van der Waals surface area (Å²) in [4.78, 5) is 0. The van der Waals surface area contributed by atoms with Gasteiger partial charge in [-0.1, -0.05) is 23.2 Å². The van der Waals surface area contributed by atoms with Crippen LogP contribution in [0.15, 0.2) is 18.2 Å². The second-order valence-electron chi connectivity index (χ2n) is 2.69. The quantitative estimate of drug-likeness (QED) is 0.827. The van der Waals surface area contributed by atoms with E-state index in [1.807, 2.05) is 0 Å². The van der Waals surface area contributed by atoms with Crippen molar-refractivity contribution in [1.82, 2.24) is 0 Å². The molecular weight excluding hydrogens is 273 g/mol. The summed E-state index contributed by atoms with van der Waals surface area (Å²) in [5.41, 5.74) is 4.76. The molecule has 0 saturated heterocycles. The molecule has 0 aliphatic heterocycles. The van der Waals surface area contributed by atoms with Crippen LogP contribution in [-0.4, -0.2) is 6.18 Å². The minimum absolute atomic E-state index is 0. The van der Waals surface area contributed by atoms with Crippen molar-refractivity contribution >= 4 is 35.6 Å². The normalized spacial score (nSPS) is 13.2. The Morgan fingerprint density at radius 2 is 1.73 bits per heavy atom. The van der Waals surface area contributed by atoms with Crippen molar-refractivity contribution in [2.45, 2.75) is 12.2 Å². The van der Waals surface area contributed by atoms with Crippen LogP contribution in [0.1, 0.15) is 11.6 Å². The fraction of sp³-hybridized carbons (Fsp3) is 0.250. The molecule has 0 aliphatic rings. The van der Waals surface area contributed by atoms with Crippen LogP contribution in [0, 0.1) is 0 Å². The fourth-order valence-electron chi connectivity index (χ4n) is 0.929. The summed E-state index contributed by atoms with van der Waals surface area (Å²) in [6.07, 6.45) is -4.52. The van der Waals surface area contributed by atoms with Gasteiger partial charge >= 0.3 is 6.18 Å². The van der Waals surface area contributed by atoms with Crippen LogP contribution in [0.2, 0.25) is 10.0 Å². The number of nitrogens with two attached hydrogens (primary N) is 1. The summed E-state index contributed by atoms with van der Waals surface area (Å²) in [5, 5.41) is 0.128. The molecule has 0 radical (unpaired) electrons. The Morgan fingerprint density at radius 3 is 2.20 bits per heavy atom. The second kappa shape index (κ2) is 5.25. The molecule has 2 N–H and O–H groups in total. The van der Waals surface area contributed by atoms with Gasteiger partial charge in [0.1, 0.15) is 6.04 Å². The molecule has 0 aliphatic carbocycles. The van der Waals surface area contributed by atoms with E-state index in [2.05, 4.69) is 0 Å². The molecule has 0 bridgehead atoms. The van der Waals surface area contributed by atoms with Gasteiger partial charge in [-0.3, -0.25) is 0 Å². The first-order chi connectivity index (χ1) is 6.32. The zero-order valence-electron chi connectivity index (χ0n) is 7.18. The summed E-state index contributed by atoms with van der Waals surface area (Å²) < 4.78 is 36.7. The predicted octanol–water partition coefficient (Wildman–Crippen LogP) is 3.98. The summed E-state index contributed by atoms with van der Waals surface area (Å²) in [6, 6.07) is 1.69. The van der Waals surface area contributed by atoms with Gasteiger partial charge in [-0.2, -0.15) is 13.2 Å². The lowest BCUT2D eigenvalue weighted by atomic mass is 10.1. The molecule has 7 heteroatoms. The molecule has 1 unspecified atom stereocenters. The minimum Gasteiger partial charge on any atom is -0.316 e. The maximum atomic E-state index is 12.2. The molecule has 0 aromatic heterocycles. The molecule has 1 rings (SSSR count). The lowest BCUT2D eigenvalue weighted by Crippen LogP contribution is -2.28. The summed E-state index contributed by atoms with van der Waals surface area (Å²) in [6.45, 7) is 0. The Morgan fingerprint density at radius 1 is 1.20 bits per heavy atom. The first kappa shape index (κ1) is 14.8. The van der Waals surface area contributed by atoms with Crippen LogP contribution < -0.4 is 5.73 Å². The van der Waals surface area contributed by atoms with Crippen molar-refractivity contribution in [2.24, 2.45) is 5.73 Å². The molecule has 0 heterocycles. The maximum Gasteiger partial charge on any atom is 0.407 e. The highest BCUT2D eigenvalue weighted by Crippen LogP contribution is 2.35. The molecular formula is C8H7Cl3F3N. The lowest BCUT2D eigenvalue weighted by Gasteiger charge is -2.17. The molecule has 0 spiro atoms. The molecule has 1 nitrogen and oxygen atoms in total. The third-order valence-corrected chi connectivity index (χ3v) is 2.23. The zero-order valence-corrected chi connectivity index (χ0v) is 9.51. The van der Waals surface area contributed by atoms with Gasteiger partial charge in [0.25, 0.3) is 0 Å². The van der Waals surface area contributed by atoms with E-state index >= 15 is 0 Å². The summed E-state index contributed by atoms with van der Waals surface area (Å²) in [7, 11) is 0. The third-order valence-electron chi connectivity index (χ3n) is 1.65. The Labute approximate surface area is 101 Å². The monoisotopic (exact) mass is 279 g/mol. The minimum atomic E-state index is -4.52. The van der Waals surface area contributed by atoms with Gasteiger partial charge in [-0.05, 0) is 23.8 Å². The van der Waals surface area contributed by atoms with Crippen molar-refractivity contribution in [2.75, 3.05) is 0 Å². The van der Waals surface area contributed by atoms with E-state index in [-0.39, 0.29) is 28.0 Å². The van der Waals surface area contributed by atoms with E-state index in [4.69, 9.17) is 28.9 Å². The number of halogens is 6. The van der Waals surface area contributed by atoms with Gasteiger partial charge in [0, 0.05) is 10.0 Å². The first-order valence-corrected chi connectivity index (χ1v) is 4.35. The average molecular weight is 281 g/mol. The lowest BCUT2D eigenvalue weighted by molar-refractivity contribution is -0.149. The van der Waals surface area contributed by atoms with E-state index in [1.165, 1.54) is 12.1 Å². The predicted molar refractivity (Wildman–Crippen MR) is 56.7 cm³/mol. The SMILES string of the molecule is Cl.NC(c1cc(Cl)ccc1Cl)C(F)(F)F. The Bertz CT molecular complexity index is 340. The van der Waals surface area contributed by atoms with Gasteiger partial charge in [0.05, 0.1) is 0 Å². The summed E-state index contributed by atoms with van der Waals surface area (Å²) >= 11 is 11.1. The van der Waals surface area contributed by atoms with E-state index in [0.29, 0.717) is 0 Å². The molecule has 1 aromatic rings. The molecule has 0 saturated carbocycles. The molecule has 15 heavy (non-hydrogen) atoms. The van der Waals surface area contributed by atoms with Gasteiger partial charge in [0.15, 0.2) is 0 Å². The number of rotatable bonds is 1. The van der Waals surface area contributed by atoms with Crippen molar-refractivity contribution in [3.8, 4) is 0 Å². The van der Waals surface area contributed by atoms with Gasteiger partial charge in [-0.25, -0.2) is 0 Å². The topological polar surface area (TPSA) is 26.0 Å². The Hall–Kier alpha value is -0.160. The molecule has 0 fully saturated rings. The van der Waals surface area contributed by atoms with E-state index in [1.54, 1.807) is 0 Å². The van der Waals surface area contributed by atoms with Crippen molar-refractivity contribution in [1.29, 1.82) is 0 Å². The smallest absolute Gasteiger partial charge is 0.316 e. The third kappa shape index (κ3) is 3.72. The highest BCUT2D eigenvalue weighted by Gasteiger charge is 2.38. The van der Waals surface area contributed by atoms with Crippen LogP contribution in [0.25, 0.3) is 0 Å². The van der Waals surface area contributed by atoms with E-state index in [0.717, 1.165) is 6.07 Å². The number of alkyl halides is 3. The van der Waals surface area contributed by atoms with Gasteiger partial charge in [0.2, 0.25) is 0 Å². The van der Waals surface area contributed by atoms with E-state index in [9.17, 15) is 13.2 Å². The van der Waals surface area contributed by atoms with E-state index < -0.39 is 12.2 Å². The van der Waals surface area contributed by atoms with Crippen molar-refractivity contribution in [3.05, 3.63) is 33.8 Å². The molecule has 1 aromatic carbocycles. The van der Waals surface area contributed by atoms with Gasteiger partial charge in [-0.15, -0.1) is 12.4 Å². The van der Waals surface area contributed by atoms with Crippen LogP contribution in [-0.2, 0) is 0 Å². The Balaban J connectivity index is 0.00000196. The number of hydrogen-bond acceptors (Lipinski definition) is 1. The van der Waals surface area contributed by atoms with Crippen LogP contribution >= 0.6 is 35.6 Å². The number of hydrogen-bond donors (Lipinski definition) is 1. The van der Waals surface area contributed by atoms with Crippen LogP contribution in [0.4, 0.5) is 13.2 Å². The van der Waals surface area contributed by atoms with Gasteiger partial charge < -0.3 is 5.73 Å². The highest BCUT2D eigenvalue weighted by molar-refractivity contribution is 6.33. The molecule has 86 valence electrons. The average Bonchev–Trinajstić information content (AvgIpc) is 2.06. The van der Waals surface area contributed by atoms with Crippen molar-refractivity contribution < 1.29 is 13.2 Å². The first-order valence-electron chi connectivity index (χ1n) is 3.59. The molecule has 0 amide bonds. The second-order valence-corrected chi connectivity index (χ2v) is 3.53. The van der Waals surface area contributed by atoms with Crippen LogP contribution in [0.5, 0.6) is 0 Å².